The molecule has 0 fully saturated rings. The lowest BCUT2D eigenvalue weighted by Crippen LogP contribution is -2.31. The van der Waals surface area contributed by atoms with Crippen molar-refractivity contribution in [3.05, 3.63) is 45.9 Å². The number of hydrogen-bond acceptors (Lipinski definition) is 4. The number of nitrogen functional groups attached to an aromatic ring is 1. The van der Waals surface area contributed by atoms with E-state index in [9.17, 15) is 12.8 Å². The predicted molar refractivity (Wildman–Crippen MR) is 81.1 cm³/mol. The summed E-state index contributed by atoms with van der Waals surface area (Å²) in [6, 6.07) is 5.48. The van der Waals surface area contributed by atoms with Crippen LogP contribution in [0.4, 0.5) is 10.1 Å². The minimum Gasteiger partial charge on any atom is -0.398 e. The highest BCUT2D eigenvalue weighted by atomic mass is 32.2. The minimum absolute atomic E-state index is 0.0798. The maximum atomic E-state index is 13.8. The van der Waals surface area contributed by atoms with E-state index in [2.05, 4.69) is 4.72 Å². The van der Waals surface area contributed by atoms with Crippen molar-refractivity contribution >= 4 is 27.0 Å². The molecule has 1 aliphatic rings. The Morgan fingerprint density at radius 1 is 1.33 bits per heavy atom. The number of anilines is 1. The molecule has 1 heterocycles. The first kappa shape index (κ1) is 14.5. The van der Waals surface area contributed by atoms with E-state index in [4.69, 9.17) is 5.73 Å². The topological polar surface area (TPSA) is 72.2 Å². The van der Waals surface area contributed by atoms with E-state index in [1.54, 1.807) is 11.3 Å². The van der Waals surface area contributed by atoms with Gasteiger partial charge >= 0.3 is 0 Å². The summed E-state index contributed by atoms with van der Waals surface area (Å²) in [6.07, 6.45) is 2.58. The second kappa shape index (κ2) is 5.40. The molecular formula is C14H15FN2O2S2. The fourth-order valence-corrected chi connectivity index (χ4v) is 5.09. The second-order valence-electron chi connectivity index (χ2n) is 5.02. The molecule has 2 aromatic rings. The molecule has 0 saturated heterocycles. The van der Waals surface area contributed by atoms with E-state index in [1.165, 1.54) is 17.0 Å². The Bertz CT molecular complexity index is 751. The van der Waals surface area contributed by atoms with E-state index in [-0.39, 0.29) is 11.7 Å². The zero-order valence-corrected chi connectivity index (χ0v) is 12.8. The third-order valence-corrected chi connectivity index (χ3v) is 6.17. The van der Waals surface area contributed by atoms with Gasteiger partial charge in [-0.2, -0.15) is 0 Å². The van der Waals surface area contributed by atoms with Crippen LogP contribution in [0.1, 0.15) is 29.3 Å². The van der Waals surface area contributed by atoms with Crippen LogP contribution in [-0.2, 0) is 16.4 Å². The molecule has 1 aromatic heterocycles. The third kappa shape index (κ3) is 2.68. The van der Waals surface area contributed by atoms with Crippen LogP contribution in [0.5, 0.6) is 0 Å². The first-order valence-corrected chi connectivity index (χ1v) is 8.98. The third-order valence-electron chi connectivity index (χ3n) is 3.62. The van der Waals surface area contributed by atoms with E-state index in [1.807, 2.05) is 11.4 Å². The summed E-state index contributed by atoms with van der Waals surface area (Å²) in [4.78, 5) is 0.725. The molecule has 0 saturated carbocycles. The number of aryl methyl sites for hydroxylation is 1. The highest BCUT2D eigenvalue weighted by Crippen LogP contribution is 2.35. The van der Waals surface area contributed by atoms with E-state index < -0.39 is 20.7 Å². The SMILES string of the molecule is Nc1cccc(F)c1S(=O)(=O)NC1CCCc2sccc21. The van der Waals surface area contributed by atoms with Gasteiger partial charge in [0.15, 0.2) is 0 Å². The first-order chi connectivity index (χ1) is 9.99. The van der Waals surface area contributed by atoms with Crippen LogP contribution in [0, 0.1) is 5.82 Å². The van der Waals surface area contributed by atoms with Gasteiger partial charge in [-0.25, -0.2) is 17.5 Å². The lowest BCUT2D eigenvalue weighted by Gasteiger charge is -2.24. The number of benzene rings is 1. The number of sulfonamides is 1. The zero-order chi connectivity index (χ0) is 15.0. The van der Waals surface area contributed by atoms with Crippen LogP contribution in [0.3, 0.4) is 0 Å². The standard InChI is InChI=1S/C14H15FN2O2S2/c15-10-3-1-4-11(16)14(10)21(18,19)17-12-5-2-6-13-9(12)7-8-20-13/h1,3-4,7-8,12,17H,2,5-6,16H2. The number of nitrogens with one attached hydrogen (secondary N) is 1. The van der Waals surface area contributed by atoms with Crippen molar-refractivity contribution in [2.45, 2.75) is 30.2 Å². The molecule has 0 spiro atoms. The normalized spacial score (nSPS) is 18.4. The van der Waals surface area contributed by atoms with Gasteiger partial charge in [0.25, 0.3) is 0 Å². The molecule has 7 heteroatoms. The van der Waals surface area contributed by atoms with Gasteiger partial charge in [0, 0.05) is 10.9 Å². The van der Waals surface area contributed by atoms with Crippen LogP contribution in [-0.4, -0.2) is 8.42 Å². The van der Waals surface area contributed by atoms with Gasteiger partial charge < -0.3 is 5.73 Å². The Morgan fingerprint density at radius 2 is 2.14 bits per heavy atom. The number of hydrogen-bond donors (Lipinski definition) is 2. The smallest absolute Gasteiger partial charge is 0.246 e. The molecule has 0 bridgehead atoms. The molecule has 1 aromatic carbocycles. The Balaban J connectivity index is 1.95. The molecule has 112 valence electrons. The summed E-state index contributed by atoms with van der Waals surface area (Å²) in [5.41, 5.74) is 6.54. The van der Waals surface area contributed by atoms with Gasteiger partial charge in [-0.15, -0.1) is 11.3 Å². The van der Waals surface area contributed by atoms with Crippen LogP contribution in [0.15, 0.2) is 34.5 Å². The van der Waals surface area contributed by atoms with E-state index in [0.717, 1.165) is 24.5 Å². The van der Waals surface area contributed by atoms with Gasteiger partial charge in [0.05, 0.1) is 5.69 Å². The molecule has 0 aliphatic heterocycles. The van der Waals surface area contributed by atoms with Crippen LogP contribution in [0.2, 0.25) is 0 Å². The summed E-state index contributed by atoms with van der Waals surface area (Å²) in [5, 5.41) is 1.95. The van der Waals surface area contributed by atoms with Crippen molar-refractivity contribution in [3.63, 3.8) is 0 Å². The molecule has 0 amide bonds. The minimum atomic E-state index is -3.99. The maximum Gasteiger partial charge on any atom is 0.246 e. The molecule has 3 rings (SSSR count). The van der Waals surface area contributed by atoms with Gasteiger partial charge in [-0.05, 0) is 48.4 Å². The van der Waals surface area contributed by atoms with Crippen molar-refractivity contribution in [1.82, 2.24) is 4.72 Å². The molecule has 1 unspecified atom stereocenters. The first-order valence-electron chi connectivity index (χ1n) is 6.61. The van der Waals surface area contributed by atoms with Crippen LogP contribution < -0.4 is 10.5 Å². The summed E-state index contributed by atoms with van der Waals surface area (Å²) >= 11 is 1.62. The average Bonchev–Trinajstić information content (AvgIpc) is 2.87. The van der Waals surface area contributed by atoms with Gasteiger partial charge in [-0.3, -0.25) is 0 Å². The monoisotopic (exact) mass is 326 g/mol. The Kier molecular flexibility index (Phi) is 3.73. The van der Waals surface area contributed by atoms with Crippen LogP contribution >= 0.6 is 11.3 Å². The number of thiophene rings is 1. The number of halogens is 1. The molecular weight excluding hydrogens is 311 g/mol. The van der Waals surface area contributed by atoms with Gasteiger partial charge in [0.2, 0.25) is 10.0 Å². The lowest BCUT2D eigenvalue weighted by molar-refractivity contribution is 0.505. The van der Waals surface area contributed by atoms with E-state index >= 15 is 0 Å². The number of fused-ring (bicyclic) bond motifs is 1. The van der Waals surface area contributed by atoms with Crippen LogP contribution in [0.25, 0.3) is 0 Å². The second-order valence-corrected chi connectivity index (χ2v) is 7.67. The molecule has 21 heavy (non-hydrogen) atoms. The van der Waals surface area contributed by atoms with Gasteiger partial charge in [0.1, 0.15) is 10.7 Å². The molecule has 4 nitrogen and oxygen atoms in total. The zero-order valence-electron chi connectivity index (χ0n) is 11.2. The molecule has 0 radical (unpaired) electrons. The summed E-state index contributed by atoms with van der Waals surface area (Å²) < 4.78 is 41.3. The molecule has 1 atom stereocenters. The largest absolute Gasteiger partial charge is 0.398 e. The summed E-state index contributed by atoms with van der Waals surface area (Å²) in [6.45, 7) is 0. The van der Waals surface area contributed by atoms with Gasteiger partial charge in [-0.1, -0.05) is 6.07 Å². The summed E-state index contributed by atoms with van der Waals surface area (Å²) in [7, 11) is -3.99. The highest BCUT2D eigenvalue weighted by Gasteiger charge is 2.29. The summed E-state index contributed by atoms with van der Waals surface area (Å²) in [5.74, 6) is -0.830. The number of nitrogens with two attached hydrogens (primary N) is 1. The quantitative estimate of drug-likeness (QED) is 0.852. The Hall–Kier alpha value is -1.44. The van der Waals surface area contributed by atoms with Crippen molar-refractivity contribution in [2.75, 3.05) is 5.73 Å². The Morgan fingerprint density at radius 3 is 2.90 bits per heavy atom. The van der Waals surface area contributed by atoms with Crippen molar-refractivity contribution in [3.8, 4) is 0 Å². The van der Waals surface area contributed by atoms with Crippen molar-refractivity contribution in [1.29, 1.82) is 0 Å². The fraction of sp³-hybridized carbons (Fsp3) is 0.286. The average molecular weight is 326 g/mol. The Labute approximate surface area is 126 Å². The highest BCUT2D eigenvalue weighted by molar-refractivity contribution is 7.89. The molecule has 3 N–H and O–H groups in total. The molecule has 1 aliphatic carbocycles. The number of rotatable bonds is 3. The fourth-order valence-electron chi connectivity index (χ4n) is 2.66. The lowest BCUT2D eigenvalue weighted by atomic mass is 9.95. The van der Waals surface area contributed by atoms with E-state index in [0.29, 0.717) is 6.42 Å². The van der Waals surface area contributed by atoms with Crippen molar-refractivity contribution in [2.24, 2.45) is 0 Å². The predicted octanol–water partition coefficient (Wildman–Crippen LogP) is 2.83. The maximum absolute atomic E-state index is 13.8. The van der Waals surface area contributed by atoms with Crippen molar-refractivity contribution < 1.29 is 12.8 Å².